The molecule has 2 amide bonds. The molecular formula is C13H18N2O5S. The van der Waals surface area contributed by atoms with Gasteiger partial charge in [-0.2, -0.15) is 0 Å². The van der Waals surface area contributed by atoms with Crippen LogP contribution >= 0.6 is 11.8 Å². The molecule has 2 aliphatic rings. The fourth-order valence-corrected chi connectivity index (χ4v) is 4.15. The molecule has 8 heteroatoms. The molecule has 0 spiro atoms. The van der Waals surface area contributed by atoms with E-state index in [4.69, 9.17) is 0 Å². The number of carbonyl (C=O) groups excluding carboxylic acids is 2. The molecule has 0 radical (unpaired) electrons. The second kappa shape index (κ2) is 5.34. The third-order valence-corrected chi connectivity index (χ3v) is 5.40. The van der Waals surface area contributed by atoms with Crippen molar-refractivity contribution in [3.8, 4) is 0 Å². The van der Waals surface area contributed by atoms with Crippen LogP contribution in [0.2, 0.25) is 0 Å². The molecule has 0 aromatic rings. The normalized spacial score (nSPS) is 29.0. The number of thioether (sulfide) groups is 1. The standard InChI is InChI=1S/C13H18N2O5S/c1-6(16)13(3)8-4-9(18)15(8)10(12(19)20)11(13)21-5-14-7(2)17/h6,8,16H,4-5H2,1-3H3,(H,14,17)(H,19,20)/t6?,8-,13-/m0/s1. The third kappa shape index (κ3) is 2.32. The molecule has 0 aromatic heterocycles. The summed E-state index contributed by atoms with van der Waals surface area (Å²) in [5.41, 5.74) is -0.903. The predicted molar refractivity (Wildman–Crippen MR) is 76.0 cm³/mol. The lowest BCUT2D eigenvalue weighted by Gasteiger charge is -2.45. The Labute approximate surface area is 126 Å². The van der Waals surface area contributed by atoms with Gasteiger partial charge in [-0.15, -0.1) is 11.8 Å². The molecule has 0 aliphatic carbocycles. The smallest absolute Gasteiger partial charge is 0.353 e. The number of carboxylic acid groups (broad SMARTS) is 1. The second-order valence-electron chi connectivity index (χ2n) is 5.45. The fraction of sp³-hybridized carbons (Fsp3) is 0.615. The number of nitrogens with zero attached hydrogens (tertiary/aromatic N) is 1. The van der Waals surface area contributed by atoms with Crippen molar-refractivity contribution in [1.29, 1.82) is 0 Å². The van der Waals surface area contributed by atoms with Gasteiger partial charge in [-0.1, -0.05) is 6.92 Å². The molecule has 3 N–H and O–H groups in total. The average Bonchev–Trinajstić information content (AvgIpc) is 2.56. The lowest BCUT2D eigenvalue weighted by Crippen LogP contribution is -2.57. The molecule has 0 aromatic carbocycles. The van der Waals surface area contributed by atoms with Crippen molar-refractivity contribution in [3.63, 3.8) is 0 Å². The van der Waals surface area contributed by atoms with Gasteiger partial charge in [0.15, 0.2) is 0 Å². The van der Waals surface area contributed by atoms with Gasteiger partial charge in [-0.25, -0.2) is 4.79 Å². The Morgan fingerprint density at radius 1 is 1.57 bits per heavy atom. The van der Waals surface area contributed by atoms with E-state index >= 15 is 0 Å². The molecule has 2 heterocycles. The zero-order chi connectivity index (χ0) is 15.9. The molecule has 1 unspecified atom stereocenters. The maximum atomic E-state index is 11.7. The van der Waals surface area contributed by atoms with Crippen molar-refractivity contribution < 1.29 is 24.6 Å². The first-order chi connectivity index (χ1) is 9.71. The van der Waals surface area contributed by atoms with Crippen LogP contribution in [0.1, 0.15) is 27.2 Å². The largest absolute Gasteiger partial charge is 0.477 e. The van der Waals surface area contributed by atoms with E-state index in [1.165, 1.54) is 11.8 Å². The highest BCUT2D eigenvalue weighted by molar-refractivity contribution is 8.03. The Morgan fingerprint density at radius 2 is 2.19 bits per heavy atom. The molecule has 0 bridgehead atoms. The number of fused-ring (bicyclic) bond motifs is 1. The summed E-state index contributed by atoms with van der Waals surface area (Å²) in [5.74, 6) is -1.48. The summed E-state index contributed by atoms with van der Waals surface area (Å²) in [6.45, 7) is 4.71. The summed E-state index contributed by atoms with van der Waals surface area (Å²) in [6, 6.07) is -0.337. The predicted octanol–water partition coefficient (Wildman–Crippen LogP) is 0.111. The summed E-state index contributed by atoms with van der Waals surface area (Å²) < 4.78 is 0. The molecule has 1 saturated heterocycles. The highest BCUT2D eigenvalue weighted by Gasteiger charge is 2.61. The maximum Gasteiger partial charge on any atom is 0.353 e. The number of aliphatic carboxylic acids is 1. The fourth-order valence-electron chi connectivity index (χ4n) is 2.80. The van der Waals surface area contributed by atoms with Crippen LogP contribution in [0.5, 0.6) is 0 Å². The Kier molecular flexibility index (Phi) is 4.03. The van der Waals surface area contributed by atoms with Crippen LogP contribution in [0.3, 0.4) is 0 Å². The summed E-state index contributed by atoms with van der Waals surface area (Å²) >= 11 is 1.15. The number of aliphatic hydroxyl groups is 1. The van der Waals surface area contributed by atoms with E-state index in [9.17, 15) is 24.6 Å². The topological polar surface area (TPSA) is 107 Å². The third-order valence-electron chi connectivity index (χ3n) is 4.19. The van der Waals surface area contributed by atoms with Gasteiger partial charge in [-0.3, -0.25) is 9.59 Å². The van der Waals surface area contributed by atoms with Crippen molar-refractivity contribution in [3.05, 3.63) is 10.6 Å². The number of rotatable bonds is 5. The van der Waals surface area contributed by atoms with Crippen LogP contribution in [0.15, 0.2) is 10.6 Å². The van der Waals surface area contributed by atoms with Crippen LogP contribution in [0.4, 0.5) is 0 Å². The minimum Gasteiger partial charge on any atom is -0.477 e. The monoisotopic (exact) mass is 314 g/mol. The lowest BCUT2D eigenvalue weighted by atomic mass is 9.74. The van der Waals surface area contributed by atoms with Crippen molar-refractivity contribution in [1.82, 2.24) is 10.2 Å². The van der Waals surface area contributed by atoms with Crippen LogP contribution in [0.25, 0.3) is 0 Å². The highest BCUT2D eigenvalue weighted by Crippen LogP contribution is 2.56. The number of β-lactam (4-membered cyclic amide) rings is 1. The molecule has 21 heavy (non-hydrogen) atoms. The van der Waals surface area contributed by atoms with E-state index in [1.807, 2.05) is 0 Å². The summed E-state index contributed by atoms with van der Waals surface area (Å²) in [7, 11) is 0. The van der Waals surface area contributed by atoms with Crippen molar-refractivity contribution >= 4 is 29.5 Å². The van der Waals surface area contributed by atoms with Gasteiger partial charge >= 0.3 is 5.97 Å². The van der Waals surface area contributed by atoms with E-state index < -0.39 is 17.5 Å². The molecule has 2 aliphatic heterocycles. The van der Waals surface area contributed by atoms with Gasteiger partial charge in [0.05, 0.1) is 18.0 Å². The molecule has 2 rings (SSSR count). The van der Waals surface area contributed by atoms with Crippen molar-refractivity contribution in [2.45, 2.75) is 39.3 Å². The van der Waals surface area contributed by atoms with Crippen LogP contribution < -0.4 is 5.32 Å². The van der Waals surface area contributed by atoms with Gasteiger partial charge in [0.1, 0.15) is 5.70 Å². The lowest BCUT2D eigenvalue weighted by molar-refractivity contribution is -0.152. The number of carbonyl (C=O) groups is 3. The van der Waals surface area contributed by atoms with Gasteiger partial charge in [0, 0.05) is 23.7 Å². The van der Waals surface area contributed by atoms with E-state index in [2.05, 4.69) is 5.32 Å². The number of carboxylic acids is 1. The van der Waals surface area contributed by atoms with E-state index in [0.29, 0.717) is 4.91 Å². The summed E-state index contributed by atoms with van der Waals surface area (Å²) in [6.07, 6.45) is -0.586. The Bertz CT molecular complexity index is 545. The first-order valence-corrected chi connectivity index (χ1v) is 7.55. The molecule has 3 atom stereocenters. The molecular weight excluding hydrogens is 296 g/mol. The van der Waals surface area contributed by atoms with Gasteiger partial charge in [0.2, 0.25) is 11.8 Å². The van der Waals surface area contributed by atoms with E-state index in [-0.39, 0.29) is 35.9 Å². The number of hydrogen-bond acceptors (Lipinski definition) is 5. The number of amides is 2. The van der Waals surface area contributed by atoms with Crippen LogP contribution in [-0.2, 0) is 14.4 Å². The van der Waals surface area contributed by atoms with E-state index in [0.717, 1.165) is 11.8 Å². The van der Waals surface area contributed by atoms with Crippen LogP contribution in [0, 0.1) is 5.41 Å². The molecule has 116 valence electrons. The van der Waals surface area contributed by atoms with Gasteiger partial charge in [-0.05, 0) is 6.92 Å². The second-order valence-corrected chi connectivity index (χ2v) is 6.43. The molecule has 1 fully saturated rings. The SMILES string of the molecule is CC(=O)NCSC1=C(C(=O)O)N2C(=O)C[C@H]2[C@]1(C)C(C)O. The highest BCUT2D eigenvalue weighted by atomic mass is 32.2. The van der Waals surface area contributed by atoms with Gasteiger partial charge in [0.25, 0.3) is 0 Å². The Morgan fingerprint density at radius 3 is 2.62 bits per heavy atom. The molecule has 0 saturated carbocycles. The number of nitrogens with one attached hydrogen (secondary N) is 1. The first kappa shape index (κ1) is 15.8. The Balaban J connectivity index is 2.39. The Hall–Kier alpha value is -1.54. The van der Waals surface area contributed by atoms with E-state index in [1.54, 1.807) is 13.8 Å². The minimum absolute atomic E-state index is 0.0741. The van der Waals surface area contributed by atoms with Crippen molar-refractivity contribution in [2.24, 2.45) is 5.41 Å². The molecule has 7 nitrogen and oxygen atoms in total. The summed E-state index contributed by atoms with van der Waals surface area (Å²) in [4.78, 5) is 35.9. The number of aliphatic hydroxyl groups excluding tert-OH is 1. The zero-order valence-electron chi connectivity index (χ0n) is 12.0. The minimum atomic E-state index is -1.19. The van der Waals surface area contributed by atoms with Crippen molar-refractivity contribution in [2.75, 3.05) is 5.88 Å². The summed E-state index contributed by atoms with van der Waals surface area (Å²) in [5, 5.41) is 22.1. The quantitative estimate of drug-likeness (QED) is 0.491. The van der Waals surface area contributed by atoms with Crippen LogP contribution in [-0.4, -0.2) is 50.9 Å². The average molecular weight is 314 g/mol. The zero-order valence-corrected chi connectivity index (χ0v) is 12.9. The maximum absolute atomic E-state index is 11.7. The number of hydrogen-bond donors (Lipinski definition) is 3. The first-order valence-electron chi connectivity index (χ1n) is 6.56. The van der Waals surface area contributed by atoms with Gasteiger partial charge < -0.3 is 20.4 Å².